The highest BCUT2D eigenvalue weighted by molar-refractivity contribution is 5.74. The van der Waals surface area contributed by atoms with Crippen LogP contribution in [0.25, 0.3) is 0 Å². The van der Waals surface area contributed by atoms with Gasteiger partial charge in [-0.15, -0.1) is 0 Å². The molecule has 0 saturated carbocycles. The van der Waals surface area contributed by atoms with Gasteiger partial charge in [0, 0.05) is 19.3 Å². The molecular formula is C63H104O12. The minimum Gasteiger partial charge on any atom is -0.479 e. The van der Waals surface area contributed by atoms with Crippen molar-refractivity contribution in [3.63, 3.8) is 0 Å². The summed E-state index contributed by atoms with van der Waals surface area (Å²) in [4.78, 5) is 51.1. The van der Waals surface area contributed by atoms with Crippen molar-refractivity contribution in [3.8, 4) is 0 Å². The second kappa shape index (κ2) is 50.7. The number of ether oxygens (including phenoxy) is 5. The molecule has 0 bridgehead atoms. The summed E-state index contributed by atoms with van der Waals surface area (Å²) < 4.78 is 28.4. The molecule has 3 N–H and O–H groups in total. The van der Waals surface area contributed by atoms with Crippen LogP contribution in [0.1, 0.15) is 239 Å². The second-order valence-corrected chi connectivity index (χ2v) is 19.9. The molecule has 0 amide bonds. The van der Waals surface area contributed by atoms with Crippen LogP contribution in [0.3, 0.4) is 0 Å². The van der Waals surface area contributed by atoms with Crippen LogP contribution < -0.4 is 0 Å². The molecule has 1 fully saturated rings. The molecule has 1 saturated heterocycles. The number of carboxylic acids is 1. The SMILES string of the molecule is CC/C=C\C/C=C\C/C=C\C/C=C\CCCCC(=O)OC1C(OCC(COC(=O)CCCCCCC/C=C\C/C=C\C/C=C\CC)OC(=O)CCCCCCCCCCCCCCCCC)OC(C(=O)O)C(O)C1O. The molecule has 1 rings (SSSR count). The zero-order chi connectivity index (χ0) is 54.7. The number of hydrogen-bond acceptors (Lipinski definition) is 11. The number of carbonyl (C=O) groups is 4. The van der Waals surface area contributed by atoms with Gasteiger partial charge in [-0.05, 0) is 89.9 Å². The van der Waals surface area contributed by atoms with Gasteiger partial charge in [0.25, 0.3) is 0 Å². The third-order valence-corrected chi connectivity index (χ3v) is 13.0. The maximum atomic E-state index is 13.1. The van der Waals surface area contributed by atoms with Crippen molar-refractivity contribution in [2.75, 3.05) is 13.2 Å². The lowest BCUT2D eigenvalue weighted by molar-refractivity contribution is -0.301. The summed E-state index contributed by atoms with van der Waals surface area (Å²) in [7, 11) is 0. The lowest BCUT2D eigenvalue weighted by atomic mass is 9.98. The molecule has 0 aromatic rings. The quantitative estimate of drug-likeness (QED) is 0.0228. The summed E-state index contributed by atoms with van der Waals surface area (Å²) in [6.45, 7) is 5.74. The number of aliphatic hydroxyl groups is 2. The van der Waals surface area contributed by atoms with Crippen molar-refractivity contribution in [3.05, 3.63) is 85.1 Å². The molecule has 12 nitrogen and oxygen atoms in total. The van der Waals surface area contributed by atoms with E-state index < -0.39 is 67.3 Å². The van der Waals surface area contributed by atoms with Crippen LogP contribution in [0.15, 0.2) is 85.1 Å². The third kappa shape index (κ3) is 40.8. The Labute approximate surface area is 454 Å². The Bertz CT molecular complexity index is 1630. The van der Waals surface area contributed by atoms with E-state index >= 15 is 0 Å². The smallest absolute Gasteiger partial charge is 0.335 e. The molecule has 6 unspecified atom stereocenters. The zero-order valence-corrected chi connectivity index (χ0v) is 47.0. The third-order valence-electron chi connectivity index (χ3n) is 13.0. The lowest BCUT2D eigenvalue weighted by Gasteiger charge is -2.40. The molecule has 0 spiro atoms. The number of carbonyl (C=O) groups excluding carboxylic acids is 3. The molecule has 0 aromatic carbocycles. The minimum absolute atomic E-state index is 0.00453. The van der Waals surface area contributed by atoms with Gasteiger partial charge in [-0.1, -0.05) is 215 Å². The summed E-state index contributed by atoms with van der Waals surface area (Å²) in [5, 5.41) is 31.5. The maximum Gasteiger partial charge on any atom is 0.335 e. The van der Waals surface area contributed by atoms with E-state index in [1.165, 1.54) is 70.6 Å². The lowest BCUT2D eigenvalue weighted by Crippen LogP contribution is -2.61. The summed E-state index contributed by atoms with van der Waals surface area (Å²) >= 11 is 0. The summed E-state index contributed by atoms with van der Waals surface area (Å²) in [5.41, 5.74) is 0. The van der Waals surface area contributed by atoms with Gasteiger partial charge in [0.1, 0.15) is 18.8 Å². The normalized spacial score (nSPS) is 18.8. The Morgan fingerprint density at radius 3 is 1.31 bits per heavy atom. The molecule has 1 heterocycles. The molecule has 6 atom stereocenters. The zero-order valence-electron chi connectivity index (χ0n) is 47.0. The fourth-order valence-electron chi connectivity index (χ4n) is 8.49. The van der Waals surface area contributed by atoms with Crippen molar-refractivity contribution in [2.24, 2.45) is 0 Å². The number of esters is 3. The van der Waals surface area contributed by atoms with Crippen LogP contribution in [-0.4, -0.2) is 89.2 Å². The molecule has 1 aliphatic rings. The number of allylic oxidation sites excluding steroid dienone is 14. The first kappa shape index (κ1) is 68.9. The van der Waals surface area contributed by atoms with Gasteiger partial charge < -0.3 is 39.0 Å². The Hall–Kier alpha value is -4.10. The molecule has 12 heteroatoms. The van der Waals surface area contributed by atoms with Crippen LogP contribution in [0, 0.1) is 0 Å². The van der Waals surface area contributed by atoms with Crippen LogP contribution in [0.4, 0.5) is 0 Å². The van der Waals surface area contributed by atoms with Crippen molar-refractivity contribution >= 4 is 23.9 Å². The predicted octanol–water partition coefficient (Wildman–Crippen LogP) is 15.1. The summed E-state index contributed by atoms with van der Waals surface area (Å²) in [5.74, 6) is -3.19. The van der Waals surface area contributed by atoms with E-state index in [2.05, 4.69) is 106 Å². The second-order valence-electron chi connectivity index (χ2n) is 19.9. The van der Waals surface area contributed by atoms with Crippen molar-refractivity contribution < 1.29 is 58.2 Å². The molecule has 1 aliphatic heterocycles. The van der Waals surface area contributed by atoms with E-state index in [0.717, 1.165) is 103 Å². The number of rotatable bonds is 49. The Kier molecular flexibility index (Phi) is 46.6. The van der Waals surface area contributed by atoms with Gasteiger partial charge in [0.05, 0.1) is 6.61 Å². The first-order valence-electron chi connectivity index (χ1n) is 29.6. The van der Waals surface area contributed by atoms with Crippen molar-refractivity contribution in [1.29, 1.82) is 0 Å². The Morgan fingerprint density at radius 2 is 0.840 bits per heavy atom. The first-order valence-corrected chi connectivity index (χ1v) is 29.6. The molecule has 0 aromatic heterocycles. The molecule has 0 radical (unpaired) electrons. The van der Waals surface area contributed by atoms with Crippen LogP contribution in [0.2, 0.25) is 0 Å². The largest absolute Gasteiger partial charge is 0.479 e. The predicted molar refractivity (Wildman–Crippen MR) is 303 cm³/mol. The van der Waals surface area contributed by atoms with Crippen LogP contribution in [-0.2, 0) is 42.9 Å². The summed E-state index contributed by atoms with van der Waals surface area (Å²) in [6.07, 6.45) is 52.7. The van der Waals surface area contributed by atoms with E-state index in [0.29, 0.717) is 25.7 Å². The fourth-order valence-corrected chi connectivity index (χ4v) is 8.49. The Morgan fingerprint density at radius 1 is 0.453 bits per heavy atom. The Balaban J connectivity index is 2.73. The maximum absolute atomic E-state index is 13.1. The molecule has 0 aliphatic carbocycles. The fraction of sp³-hybridized carbons (Fsp3) is 0.714. The van der Waals surface area contributed by atoms with Gasteiger partial charge in [-0.2, -0.15) is 0 Å². The van der Waals surface area contributed by atoms with Gasteiger partial charge in [0.2, 0.25) is 0 Å². The van der Waals surface area contributed by atoms with E-state index in [1.54, 1.807) is 0 Å². The first-order chi connectivity index (χ1) is 36.6. The highest BCUT2D eigenvalue weighted by atomic mass is 16.7. The molecule has 75 heavy (non-hydrogen) atoms. The molecule has 428 valence electrons. The van der Waals surface area contributed by atoms with Gasteiger partial charge in [-0.3, -0.25) is 14.4 Å². The van der Waals surface area contributed by atoms with Gasteiger partial charge >= 0.3 is 23.9 Å². The number of hydrogen-bond donors (Lipinski definition) is 3. The highest BCUT2D eigenvalue weighted by Gasteiger charge is 2.50. The number of carboxylic acid groups (broad SMARTS) is 1. The van der Waals surface area contributed by atoms with Crippen LogP contribution >= 0.6 is 0 Å². The summed E-state index contributed by atoms with van der Waals surface area (Å²) in [6, 6.07) is 0. The van der Waals surface area contributed by atoms with Crippen LogP contribution in [0.5, 0.6) is 0 Å². The average Bonchev–Trinajstić information content (AvgIpc) is 3.39. The minimum atomic E-state index is -1.92. The van der Waals surface area contributed by atoms with E-state index in [9.17, 15) is 34.5 Å². The van der Waals surface area contributed by atoms with Gasteiger partial charge in [0.15, 0.2) is 24.6 Å². The number of aliphatic hydroxyl groups excluding tert-OH is 2. The van der Waals surface area contributed by atoms with Gasteiger partial charge in [-0.25, -0.2) is 4.79 Å². The van der Waals surface area contributed by atoms with E-state index in [4.69, 9.17) is 23.7 Å². The van der Waals surface area contributed by atoms with Crippen molar-refractivity contribution in [2.45, 2.75) is 276 Å². The highest BCUT2D eigenvalue weighted by Crippen LogP contribution is 2.26. The number of unbranched alkanes of at least 4 members (excludes halogenated alkanes) is 21. The average molecular weight is 1050 g/mol. The topological polar surface area (TPSA) is 175 Å². The van der Waals surface area contributed by atoms with E-state index in [-0.39, 0.29) is 25.9 Å². The number of aliphatic carboxylic acids is 1. The standard InChI is InChI=1S/C63H104O12/c1-4-7-10-13-16-19-22-25-28-31-34-37-40-43-46-49-55(64)71-52-54(73-56(65)50-47-44-41-38-35-32-29-26-23-20-17-14-11-8-5-2)53-72-63-61(59(68)58(67)60(75-63)62(69)70)74-57(66)51-48-45-42-39-36-33-30-27-24-21-18-15-12-9-6-3/h7,9-10,12,16,18-19,21,25,27-28,30,36,39,54,58-61,63,67-68H,4-6,8,11,13-15,17,20,22-24,26,29,31-35,37-38,40-53H2,1-3H3,(H,69,70)/b10-7-,12-9-,19-16-,21-18-,28-25-,30-27-,39-36-. The monoisotopic (exact) mass is 1050 g/mol. The van der Waals surface area contributed by atoms with E-state index in [1.807, 2.05) is 0 Å². The van der Waals surface area contributed by atoms with Crippen molar-refractivity contribution in [1.82, 2.24) is 0 Å². The molecular weight excluding hydrogens is 949 g/mol.